The van der Waals surface area contributed by atoms with E-state index in [1.54, 1.807) is 0 Å². The minimum Gasteiger partial charge on any atom is -0.387 e. The Balaban J connectivity index is 2.26. The summed E-state index contributed by atoms with van der Waals surface area (Å²) in [4.78, 5) is 0. The van der Waals surface area contributed by atoms with Crippen molar-refractivity contribution in [2.75, 3.05) is 6.54 Å². The summed E-state index contributed by atoms with van der Waals surface area (Å²) in [5.74, 6) is 0. The third kappa shape index (κ3) is 2.73. The first-order valence-electron chi connectivity index (χ1n) is 5.76. The number of aryl methyl sites for hydroxylation is 1. The predicted molar refractivity (Wildman–Crippen MR) is 70.6 cm³/mol. The van der Waals surface area contributed by atoms with Crippen LogP contribution in [0.5, 0.6) is 0 Å². The Labute approximate surface area is 102 Å². The lowest BCUT2D eigenvalue weighted by atomic mass is 10.0. The highest BCUT2D eigenvalue weighted by atomic mass is 16.3. The second kappa shape index (κ2) is 5.13. The summed E-state index contributed by atoms with van der Waals surface area (Å²) >= 11 is 0. The van der Waals surface area contributed by atoms with Gasteiger partial charge in [0, 0.05) is 6.54 Å². The van der Waals surface area contributed by atoms with Crippen LogP contribution in [-0.2, 0) is 0 Å². The van der Waals surface area contributed by atoms with E-state index < -0.39 is 6.10 Å². The van der Waals surface area contributed by atoms with E-state index in [9.17, 15) is 5.11 Å². The Morgan fingerprint density at radius 3 is 1.88 bits per heavy atom. The molecule has 0 aliphatic carbocycles. The van der Waals surface area contributed by atoms with Gasteiger partial charge in [0.25, 0.3) is 0 Å². The number of rotatable bonds is 3. The maximum atomic E-state index is 9.60. The Morgan fingerprint density at radius 2 is 1.41 bits per heavy atom. The van der Waals surface area contributed by atoms with Crippen LogP contribution < -0.4 is 5.73 Å². The fraction of sp³-hybridized carbons (Fsp3) is 0.200. The molecule has 3 N–H and O–H groups in total. The van der Waals surface area contributed by atoms with E-state index in [-0.39, 0.29) is 6.54 Å². The van der Waals surface area contributed by atoms with E-state index in [4.69, 9.17) is 5.73 Å². The van der Waals surface area contributed by atoms with Crippen LogP contribution in [0, 0.1) is 6.92 Å². The van der Waals surface area contributed by atoms with Crippen LogP contribution in [0.4, 0.5) is 0 Å². The molecule has 1 unspecified atom stereocenters. The lowest BCUT2D eigenvalue weighted by molar-refractivity contribution is 0.187. The molecular weight excluding hydrogens is 210 g/mol. The summed E-state index contributed by atoms with van der Waals surface area (Å²) in [5.41, 5.74) is 9.87. The van der Waals surface area contributed by atoms with E-state index in [0.717, 1.165) is 11.1 Å². The number of aliphatic hydroxyl groups is 1. The molecule has 0 amide bonds. The Kier molecular flexibility index (Phi) is 3.57. The zero-order valence-corrected chi connectivity index (χ0v) is 9.93. The molecule has 0 saturated heterocycles. The number of benzene rings is 2. The van der Waals surface area contributed by atoms with Gasteiger partial charge in [0.15, 0.2) is 0 Å². The molecule has 0 radical (unpaired) electrons. The molecule has 2 heteroatoms. The van der Waals surface area contributed by atoms with Crippen molar-refractivity contribution in [1.82, 2.24) is 0 Å². The van der Waals surface area contributed by atoms with Crippen molar-refractivity contribution in [3.63, 3.8) is 0 Å². The average molecular weight is 227 g/mol. The minimum absolute atomic E-state index is 0.254. The van der Waals surface area contributed by atoms with E-state index in [0.29, 0.717) is 0 Å². The van der Waals surface area contributed by atoms with Gasteiger partial charge in [0.1, 0.15) is 0 Å². The third-order valence-electron chi connectivity index (χ3n) is 2.90. The zero-order valence-electron chi connectivity index (χ0n) is 9.93. The van der Waals surface area contributed by atoms with Crippen molar-refractivity contribution in [3.8, 4) is 11.1 Å². The topological polar surface area (TPSA) is 46.2 Å². The van der Waals surface area contributed by atoms with Crippen LogP contribution in [0.15, 0.2) is 48.5 Å². The van der Waals surface area contributed by atoms with Gasteiger partial charge in [-0.2, -0.15) is 0 Å². The second-order valence-corrected chi connectivity index (χ2v) is 4.24. The van der Waals surface area contributed by atoms with Crippen molar-refractivity contribution in [1.29, 1.82) is 0 Å². The lowest BCUT2D eigenvalue weighted by Gasteiger charge is -2.09. The molecule has 2 rings (SSSR count). The molecule has 0 saturated carbocycles. The molecule has 0 aliphatic rings. The zero-order chi connectivity index (χ0) is 12.3. The third-order valence-corrected chi connectivity index (χ3v) is 2.90. The maximum absolute atomic E-state index is 9.60. The fourth-order valence-electron chi connectivity index (χ4n) is 1.78. The van der Waals surface area contributed by atoms with Crippen molar-refractivity contribution < 1.29 is 5.11 Å². The van der Waals surface area contributed by atoms with Gasteiger partial charge in [-0.25, -0.2) is 0 Å². The molecule has 88 valence electrons. The highest BCUT2D eigenvalue weighted by molar-refractivity contribution is 5.63. The van der Waals surface area contributed by atoms with Crippen molar-refractivity contribution >= 4 is 0 Å². The number of aliphatic hydroxyl groups excluding tert-OH is 1. The summed E-state index contributed by atoms with van der Waals surface area (Å²) in [6.07, 6.45) is -0.568. The number of hydrogen-bond donors (Lipinski definition) is 2. The van der Waals surface area contributed by atoms with Gasteiger partial charge in [0.05, 0.1) is 6.10 Å². The highest BCUT2D eigenvalue weighted by Crippen LogP contribution is 2.22. The Hall–Kier alpha value is -1.64. The van der Waals surface area contributed by atoms with E-state index in [2.05, 4.69) is 31.2 Å². The summed E-state index contributed by atoms with van der Waals surface area (Å²) in [6, 6.07) is 16.3. The molecule has 0 bridgehead atoms. The fourth-order valence-corrected chi connectivity index (χ4v) is 1.78. The first-order valence-corrected chi connectivity index (χ1v) is 5.76. The van der Waals surface area contributed by atoms with Crippen molar-refractivity contribution in [3.05, 3.63) is 59.7 Å². The van der Waals surface area contributed by atoms with Gasteiger partial charge in [-0.15, -0.1) is 0 Å². The first kappa shape index (κ1) is 11.8. The van der Waals surface area contributed by atoms with Gasteiger partial charge in [-0.1, -0.05) is 54.1 Å². The van der Waals surface area contributed by atoms with Gasteiger partial charge >= 0.3 is 0 Å². The minimum atomic E-state index is -0.568. The number of nitrogens with two attached hydrogens (primary N) is 1. The summed E-state index contributed by atoms with van der Waals surface area (Å²) in [5, 5.41) is 9.60. The molecule has 0 aromatic heterocycles. The summed E-state index contributed by atoms with van der Waals surface area (Å²) in [7, 11) is 0. The van der Waals surface area contributed by atoms with Crippen LogP contribution in [-0.4, -0.2) is 11.7 Å². The molecule has 1 atom stereocenters. The Bertz CT molecular complexity index is 473. The lowest BCUT2D eigenvalue weighted by Crippen LogP contribution is -2.11. The molecule has 0 aliphatic heterocycles. The first-order chi connectivity index (χ1) is 8.20. The predicted octanol–water partition coefficient (Wildman–Crippen LogP) is 2.65. The largest absolute Gasteiger partial charge is 0.387 e. The molecule has 2 aromatic carbocycles. The van der Waals surface area contributed by atoms with Gasteiger partial charge in [0.2, 0.25) is 0 Å². The molecule has 0 spiro atoms. The monoisotopic (exact) mass is 227 g/mol. The van der Waals surface area contributed by atoms with Gasteiger partial charge in [-0.05, 0) is 23.6 Å². The molecule has 2 nitrogen and oxygen atoms in total. The summed E-state index contributed by atoms with van der Waals surface area (Å²) in [6.45, 7) is 2.33. The standard InChI is InChI=1S/C15H17NO/c1-11-2-4-12(5-3-11)13-6-8-14(9-7-13)15(17)10-16/h2-9,15,17H,10,16H2,1H3. The highest BCUT2D eigenvalue weighted by Gasteiger charge is 2.04. The van der Waals surface area contributed by atoms with Crippen LogP contribution >= 0.6 is 0 Å². The molecule has 17 heavy (non-hydrogen) atoms. The second-order valence-electron chi connectivity index (χ2n) is 4.24. The van der Waals surface area contributed by atoms with Crippen LogP contribution in [0.3, 0.4) is 0 Å². The molecular formula is C15H17NO. The van der Waals surface area contributed by atoms with E-state index in [1.807, 2.05) is 24.3 Å². The molecule has 0 heterocycles. The maximum Gasteiger partial charge on any atom is 0.0912 e. The van der Waals surface area contributed by atoms with Crippen LogP contribution in [0.2, 0.25) is 0 Å². The van der Waals surface area contributed by atoms with Crippen LogP contribution in [0.1, 0.15) is 17.2 Å². The van der Waals surface area contributed by atoms with E-state index in [1.165, 1.54) is 11.1 Å². The van der Waals surface area contributed by atoms with Gasteiger partial charge < -0.3 is 10.8 Å². The molecule has 2 aromatic rings. The van der Waals surface area contributed by atoms with Crippen LogP contribution in [0.25, 0.3) is 11.1 Å². The quantitative estimate of drug-likeness (QED) is 0.846. The average Bonchev–Trinajstić information content (AvgIpc) is 2.39. The smallest absolute Gasteiger partial charge is 0.0912 e. The SMILES string of the molecule is Cc1ccc(-c2ccc(C(O)CN)cc2)cc1. The normalized spacial score (nSPS) is 12.4. The van der Waals surface area contributed by atoms with Crippen molar-refractivity contribution in [2.45, 2.75) is 13.0 Å². The summed E-state index contributed by atoms with van der Waals surface area (Å²) < 4.78 is 0. The van der Waals surface area contributed by atoms with E-state index >= 15 is 0 Å². The Morgan fingerprint density at radius 1 is 0.941 bits per heavy atom. The molecule has 0 fully saturated rings. The number of hydrogen-bond acceptors (Lipinski definition) is 2. The van der Waals surface area contributed by atoms with Crippen molar-refractivity contribution in [2.24, 2.45) is 5.73 Å². The van der Waals surface area contributed by atoms with Gasteiger partial charge in [-0.3, -0.25) is 0 Å².